The van der Waals surface area contributed by atoms with Gasteiger partial charge < -0.3 is 4.90 Å². The number of rotatable bonds is 7. The average Bonchev–Trinajstić information content (AvgIpc) is 2.98. The van der Waals surface area contributed by atoms with Crippen LogP contribution in [0.4, 0.5) is 0 Å². The number of aryl methyl sites for hydroxylation is 1. The van der Waals surface area contributed by atoms with Gasteiger partial charge in [0.1, 0.15) is 0 Å². The number of likely N-dealkylation sites (N-methyl/N-ethyl adjacent to an activating group) is 1. The van der Waals surface area contributed by atoms with E-state index in [0.717, 1.165) is 19.5 Å². The Morgan fingerprint density at radius 2 is 1.68 bits per heavy atom. The Morgan fingerprint density at radius 3 is 2.20 bits per heavy atom. The van der Waals surface area contributed by atoms with Gasteiger partial charge in [-0.05, 0) is 51.8 Å². The molecule has 0 saturated carbocycles. The molecule has 1 aliphatic rings. The predicted molar refractivity (Wildman–Crippen MR) is 106 cm³/mol. The lowest BCUT2D eigenvalue weighted by molar-refractivity contribution is 0.0585. The summed E-state index contributed by atoms with van der Waals surface area (Å²) >= 11 is 0. The highest BCUT2D eigenvalue weighted by molar-refractivity contribution is 5.16. The van der Waals surface area contributed by atoms with E-state index in [-0.39, 0.29) is 5.41 Å². The van der Waals surface area contributed by atoms with E-state index in [1.807, 2.05) is 17.9 Å². The molecule has 5 nitrogen and oxygen atoms in total. The number of hydrogen-bond acceptors (Lipinski definition) is 4. The first-order valence-electron chi connectivity index (χ1n) is 9.73. The second kappa shape index (κ2) is 8.19. The summed E-state index contributed by atoms with van der Waals surface area (Å²) in [6.07, 6.45) is 5.32. The molecule has 25 heavy (non-hydrogen) atoms. The Bertz CT molecular complexity index is 520. The molecule has 2 heterocycles. The standard InChI is InChI=1S/C20H39N5/c1-19(2,3)25-14-12-24(13-15-25)11-10-22(6)9-8-20(4,5)18-16-21-23(7)17-18/h16-17H,8-15H2,1-7H3. The number of piperazine rings is 1. The van der Waals surface area contributed by atoms with Crippen LogP contribution < -0.4 is 0 Å². The molecule has 0 N–H and O–H groups in total. The fourth-order valence-corrected chi connectivity index (χ4v) is 3.45. The van der Waals surface area contributed by atoms with Gasteiger partial charge in [-0.3, -0.25) is 14.5 Å². The third-order valence-electron chi connectivity index (χ3n) is 5.72. The predicted octanol–water partition coefficient (Wildman–Crippen LogP) is 2.44. The summed E-state index contributed by atoms with van der Waals surface area (Å²) in [6, 6.07) is 0. The maximum atomic E-state index is 4.32. The van der Waals surface area contributed by atoms with Crippen LogP contribution in [0.2, 0.25) is 0 Å². The van der Waals surface area contributed by atoms with Crippen molar-refractivity contribution in [3.63, 3.8) is 0 Å². The zero-order valence-electron chi connectivity index (χ0n) is 17.5. The Hall–Kier alpha value is -0.910. The lowest BCUT2D eigenvalue weighted by atomic mass is 9.83. The highest BCUT2D eigenvalue weighted by atomic mass is 15.3. The number of aromatic nitrogens is 2. The highest BCUT2D eigenvalue weighted by Gasteiger charge is 2.26. The zero-order valence-corrected chi connectivity index (χ0v) is 17.5. The molecular formula is C20H39N5. The first-order valence-corrected chi connectivity index (χ1v) is 9.73. The van der Waals surface area contributed by atoms with Crippen LogP contribution in [0.3, 0.4) is 0 Å². The van der Waals surface area contributed by atoms with Gasteiger partial charge >= 0.3 is 0 Å². The molecule has 0 aliphatic carbocycles. The van der Waals surface area contributed by atoms with E-state index in [1.54, 1.807) is 0 Å². The first kappa shape index (κ1) is 20.4. The molecule has 0 aromatic carbocycles. The van der Waals surface area contributed by atoms with Crippen LogP contribution in [-0.2, 0) is 12.5 Å². The van der Waals surface area contributed by atoms with E-state index in [9.17, 15) is 0 Å². The maximum Gasteiger partial charge on any atom is 0.0527 e. The van der Waals surface area contributed by atoms with Crippen LogP contribution in [-0.4, -0.2) is 82.9 Å². The van der Waals surface area contributed by atoms with Gasteiger partial charge in [0.15, 0.2) is 0 Å². The molecule has 1 saturated heterocycles. The van der Waals surface area contributed by atoms with E-state index >= 15 is 0 Å². The molecule has 0 unspecified atom stereocenters. The second-order valence-electron chi connectivity index (χ2n) is 9.34. The molecule has 1 aliphatic heterocycles. The Morgan fingerprint density at radius 1 is 1.04 bits per heavy atom. The van der Waals surface area contributed by atoms with Crippen LogP contribution in [0.25, 0.3) is 0 Å². The third kappa shape index (κ3) is 6.08. The number of nitrogens with zero attached hydrogens (tertiary/aromatic N) is 5. The molecule has 1 fully saturated rings. The summed E-state index contributed by atoms with van der Waals surface area (Å²) in [5.74, 6) is 0. The molecule has 0 bridgehead atoms. The van der Waals surface area contributed by atoms with Gasteiger partial charge in [0.05, 0.1) is 6.20 Å². The molecule has 144 valence electrons. The molecule has 0 spiro atoms. The molecule has 0 atom stereocenters. The summed E-state index contributed by atoms with van der Waals surface area (Å²) < 4.78 is 1.90. The minimum Gasteiger partial charge on any atom is -0.305 e. The lowest BCUT2D eigenvalue weighted by Crippen LogP contribution is -2.54. The topological polar surface area (TPSA) is 27.5 Å². The van der Waals surface area contributed by atoms with Crippen molar-refractivity contribution in [2.45, 2.75) is 52.0 Å². The van der Waals surface area contributed by atoms with Crippen molar-refractivity contribution in [2.24, 2.45) is 7.05 Å². The van der Waals surface area contributed by atoms with E-state index in [4.69, 9.17) is 0 Å². The molecule has 0 amide bonds. The smallest absolute Gasteiger partial charge is 0.0527 e. The number of hydrogen-bond donors (Lipinski definition) is 0. The molecule has 5 heteroatoms. The lowest BCUT2D eigenvalue weighted by Gasteiger charge is -2.42. The Balaban J connectivity index is 1.68. The second-order valence-corrected chi connectivity index (χ2v) is 9.34. The van der Waals surface area contributed by atoms with Crippen molar-refractivity contribution >= 4 is 0 Å². The summed E-state index contributed by atoms with van der Waals surface area (Å²) in [5, 5.41) is 4.32. The van der Waals surface area contributed by atoms with E-state index in [1.165, 1.54) is 38.3 Å². The van der Waals surface area contributed by atoms with E-state index < -0.39 is 0 Å². The Kier molecular flexibility index (Phi) is 6.68. The van der Waals surface area contributed by atoms with Crippen LogP contribution in [0.5, 0.6) is 0 Å². The molecule has 0 radical (unpaired) electrons. The van der Waals surface area contributed by atoms with Crippen molar-refractivity contribution < 1.29 is 0 Å². The summed E-state index contributed by atoms with van der Waals surface area (Å²) in [4.78, 5) is 7.70. The van der Waals surface area contributed by atoms with Crippen molar-refractivity contribution in [3.05, 3.63) is 18.0 Å². The van der Waals surface area contributed by atoms with E-state index in [2.05, 4.69) is 67.7 Å². The third-order valence-corrected chi connectivity index (χ3v) is 5.72. The van der Waals surface area contributed by atoms with Gasteiger partial charge in [-0.1, -0.05) is 13.8 Å². The van der Waals surface area contributed by atoms with Gasteiger partial charge in [-0.2, -0.15) is 5.10 Å². The van der Waals surface area contributed by atoms with Crippen molar-refractivity contribution in [3.8, 4) is 0 Å². The first-order chi connectivity index (χ1) is 11.6. The van der Waals surface area contributed by atoms with Gasteiger partial charge in [0.2, 0.25) is 0 Å². The fourth-order valence-electron chi connectivity index (χ4n) is 3.45. The van der Waals surface area contributed by atoms with Gasteiger partial charge in [0, 0.05) is 58.1 Å². The largest absolute Gasteiger partial charge is 0.305 e. The average molecular weight is 350 g/mol. The Labute approximate surface area is 155 Å². The quantitative estimate of drug-likeness (QED) is 0.756. The van der Waals surface area contributed by atoms with Crippen molar-refractivity contribution in [1.29, 1.82) is 0 Å². The molecule has 2 rings (SSSR count). The van der Waals surface area contributed by atoms with Gasteiger partial charge in [-0.25, -0.2) is 0 Å². The fraction of sp³-hybridized carbons (Fsp3) is 0.850. The summed E-state index contributed by atoms with van der Waals surface area (Å²) in [5.41, 5.74) is 1.82. The van der Waals surface area contributed by atoms with Crippen LogP contribution >= 0.6 is 0 Å². The minimum atomic E-state index is 0.181. The summed E-state index contributed by atoms with van der Waals surface area (Å²) in [6.45, 7) is 19.9. The van der Waals surface area contributed by atoms with E-state index in [0.29, 0.717) is 5.54 Å². The van der Waals surface area contributed by atoms with Crippen LogP contribution in [0.15, 0.2) is 12.4 Å². The summed E-state index contributed by atoms with van der Waals surface area (Å²) in [7, 11) is 4.25. The van der Waals surface area contributed by atoms with Crippen LogP contribution in [0.1, 0.15) is 46.6 Å². The van der Waals surface area contributed by atoms with Crippen molar-refractivity contribution in [2.75, 3.05) is 52.9 Å². The van der Waals surface area contributed by atoms with Gasteiger partial charge in [-0.15, -0.1) is 0 Å². The minimum absolute atomic E-state index is 0.181. The van der Waals surface area contributed by atoms with Crippen LogP contribution in [0, 0.1) is 0 Å². The van der Waals surface area contributed by atoms with Crippen molar-refractivity contribution in [1.82, 2.24) is 24.5 Å². The zero-order chi connectivity index (χ0) is 18.7. The monoisotopic (exact) mass is 349 g/mol. The SMILES string of the molecule is CN(CCN1CCN(C(C)(C)C)CC1)CCC(C)(C)c1cnn(C)c1. The highest BCUT2D eigenvalue weighted by Crippen LogP contribution is 2.26. The molecule has 1 aromatic rings. The maximum absolute atomic E-state index is 4.32. The molecular weight excluding hydrogens is 310 g/mol. The van der Waals surface area contributed by atoms with Gasteiger partial charge in [0.25, 0.3) is 0 Å². The normalized spacial score (nSPS) is 18.2. The molecule has 1 aromatic heterocycles.